The normalized spacial score (nSPS) is 11.5. The van der Waals surface area contributed by atoms with Gasteiger partial charge in [-0.25, -0.2) is 0 Å². The van der Waals surface area contributed by atoms with E-state index in [1.807, 2.05) is 19.1 Å². The maximum absolute atomic E-state index is 8.67. The van der Waals surface area contributed by atoms with Crippen LogP contribution in [0.15, 0.2) is 30.9 Å². The summed E-state index contributed by atoms with van der Waals surface area (Å²) in [7, 11) is 0. The highest BCUT2D eigenvalue weighted by Crippen LogP contribution is 2.20. The molecule has 1 unspecified atom stereocenters. The summed E-state index contributed by atoms with van der Waals surface area (Å²) >= 11 is 5.87. The third-order valence-corrected chi connectivity index (χ3v) is 2.15. The number of nitriles is 1. The number of benzene rings is 1. The summed E-state index contributed by atoms with van der Waals surface area (Å²) in [6.07, 6.45) is 1.80. The Hall–Kier alpha value is -1.46. The number of nitrogens with one attached hydrogen (secondary N) is 1. The van der Waals surface area contributed by atoms with Crippen LogP contribution in [0.5, 0.6) is 0 Å². The molecule has 72 valence electrons. The standard InChI is InChI=1S/C11H11ClN2/c1-3-8(2)14-10-5-4-9(7-13)11(12)6-10/h3-6,8,14H,1H2,2H3. The fourth-order valence-electron chi connectivity index (χ4n) is 1.02. The van der Waals surface area contributed by atoms with Crippen molar-refractivity contribution in [2.45, 2.75) is 13.0 Å². The second-order valence-corrected chi connectivity index (χ2v) is 3.38. The second kappa shape index (κ2) is 4.69. The number of halogens is 1. The van der Waals surface area contributed by atoms with E-state index in [1.54, 1.807) is 18.2 Å². The summed E-state index contributed by atoms with van der Waals surface area (Å²) in [5.74, 6) is 0. The molecule has 1 N–H and O–H groups in total. The Balaban J connectivity index is 2.87. The van der Waals surface area contributed by atoms with Crippen molar-refractivity contribution in [3.63, 3.8) is 0 Å². The smallest absolute Gasteiger partial charge is 0.101 e. The molecule has 1 aromatic rings. The first-order chi connectivity index (χ1) is 6.67. The summed E-state index contributed by atoms with van der Waals surface area (Å²) in [6.45, 7) is 5.65. The van der Waals surface area contributed by atoms with Crippen LogP contribution in [0, 0.1) is 11.3 Å². The zero-order chi connectivity index (χ0) is 10.6. The van der Waals surface area contributed by atoms with Gasteiger partial charge >= 0.3 is 0 Å². The molecule has 0 saturated carbocycles. The van der Waals surface area contributed by atoms with Gasteiger partial charge in [0.25, 0.3) is 0 Å². The minimum absolute atomic E-state index is 0.180. The van der Waals surface area contributed by atoms with Gasteiger partial charge in [-0.15, -0.1) is 6.58 Å². The first kappa shape index (κ1) is 10.6. The molecule has 0 aliphatic rings. The molecular weight excluding hydrogens is 196 g/mol. The summed E-state index contributed by atoms with van der Waals surface area (Å²) in [5.41, 5.74) is 1.38. The van der Waals surface area contributed by atoms with Crippen LogP contribution < -0.4 is 5.32 Å². The molecule has 14 heavy (non-hydrogen) atoms. The van der Waals surface area contributed by atoms with Crippen molar-refractivity contribution in [3.8, 4) is 6.07 Å². The average molecular weight is 207 g/mol. The predicted molar refractivity (Wildman–Crippen MR) is 59.4 cm³/mol. The van der Waals surface area contributed by atoms with E-state index >= 15 is 0 Å². The second-order valence-electron chi connectivity index (χ2n) is 2.98. The Bertz CT molecular complexity index is 379. The van der Waals surface area contributed by atoms with Gasteiger partial charge in [-0.1, -0.05) is 17.7 Å². The summed E-state index contributed by atoms with van der Waals surface area (Å²) < 4.78 is 0. The highest BCUT2D eigenvalue weighted by molar-refractivity contribution is 6.32. The Labute approximate surface area is 88.8 Å². The fourth-order valence-corrected chi connectivity index (χ4v) is 1.24. The zero-order valence-electron chi connectivity index (χ0n) is 7.92. The van der Waals surface area contributed by atoms with Crippen LogP contribution >= 0.6 is 11.6 Å². The first-order valence-corrected chi connectivity index (χ1v) is 4.64. The lowest BCUT2D eigenvalue weighted by atomic mass is 10.2. The lowest BCUT2D eigenvalue weighted by molar-refractivity contribution is 1.00. The van der Waals surface area contributed by atoms with Gasteiger partial charge in [-0.05, 0) is 25.1 Å². The molecule has 0 aromatic heterocycles. The van der Waals surface area contributed by atoms with Crippen LogP contribution in [-0.4, -0.2) is 6.04 Å². The van der Waals surface area contributed by atoms with Gasteiger partial charge in [0.1, 0.15) is 6.07 Å². The Morgan fingerprint density at radius 2 is 2.36 bits per heavy atom. The van der Waals surface area contributed by atoms with E-state index in [1.165, 1.54) is 0 Å². The highest BCUT2D eigenvalue weighted by Gasteiger charge is 2.01. The van der Waals surface area contributed by atoms with E-state index in [0.717, 1.165) is 5.69 Å². The van der Waals surface area contributed by atoms with Gasteiger partial charge < -0.3 is 5.32 Å². The van der Waals surface area contributed by atoms with Crippen LogP contribution in [0.1, 0.15) is 12.5 Å². The van der Waals surface area contributed by atoms with Crippen LogP contribution in [0.25, 0.3) is 0 Å². The molecule has 0 aliphatic carbocycles. The molecule has 0 saturated heterocycles. The third kappa shape index (κ3) is 2.51. The van der Waals surface area contributed by atoms with Gasteiger partial charge in [-0.2, -0.15) is 5.26 Å². The number of hydrogen-bond acceptors (Lipinski definition) is 2. The van der Waals surface area contributed by atoms with Gasteiger partial charge in [-0.3, -0.25) is 0 Å². The minimum Gasteiger partial charge on any atom is -0.379 e. The van der Waals surface area contributed by atoms with Crippen molar-refractivity contribution in [2.24, 2.45) is 0 Å². The number of rotatable bonds is 3. The largest absolute Gasteiger partial charge is 0.379 e. The lowest BCUT2D eigenvalue weighted by Crippen LogP contribution is -2.10. The zero-order valence-corrected chi connectivity index (χ0v) is 8.67. The molecule has 0 radical (unpaired) electrons. The Morgan fingerprint density at radius 3 is 2.86 bits per heavy atom. The topological polar surface area (TPSA) is 35.8 Å². The fraction of sp³-hybridized carbons (Fsp3) is 0.182. The molecule has 3 heteroatoms. The van der Waals surface area contributed by atoms with E-state index in [-0.39, 0.29) is 6.04 Å². The van der Waals surface area contributed by atoms with E-state index < -0.39 is 0 Å². The van der Waals surface area contributed by atoms with E-state index in [2.05, 4.69) is 11.9 Å². The number of hydrogen-bond donors (Lipinski definition) is 1. The molecule has 1 aromatic carbocycles. The highest BCUT2D eigenvalue weighted by atomic mass is 35.5. The molecule has 0 amide bonds. The summed E-state index contributed by atoms with van der Waals surface area (Å²) in [5, 5.41) is 12.3. The quantitative estimate of drug-likeness (QED) is 0.771. The summed E-state index contributed by atoms with van der Waals surface area (Å²) in [6, 6.07) is 7.44. The Morgan fingerprint density at radius 1 is 1.64 bits per heavy atom. The van der Waals surface area contributed by atoms with Crippen LogP contribution in [-0.2, 0) is 0 Å². The van der Waals surface area contributed by atoms with Gasteiger partial charge in [0.2, 0.25) is 0 Å². The van der Waals surface area contributed by atoms with Crippen molar-refractivity contribution in [2.75, 3.05) is 5.32 Å². The molecular formula is C11H11ClN2. The van der Waals surface area contributed by atoms with Gasteiger partial charge in [0.05, 0.1) is 10.6 Å². The third-order valence-electron chi connectivity index (χ3n) is 1.84. The number of anilines is 1. The molecule has 0 bridgehead atoms. The summed E-state index contributed by atoms with van der Waals surface area (Å²) in [4.78, 5) is 0. The maximum atomic E-state index is 8.67. The van der Waals surface area contributed by atoms with E-state index in [9.17, 15) is 0 Å². The molecule has 0 heterocycles. The van der Waals surface area contributed by atoms with Crippen LogP contribution in [0.3, 0.4) is 0 Å². The monoisotopic (exact) mass is 206 g/mol. The van der Waals surface area contributed by atoms with Crippen molar-refractivity contribution in [1.82, 2.24) is 0 Å². The van der Waals surface area contributed by atoms with Crippen molar-refractivity contribution >= 4 is 17.3 Å². The lowest BCUT2D eigenvalue weighted by Gasteiger charge is -2.10. The first-order valence-electron chi connectivity index (χ1n) is 4.26. The van der Waals surface area contributed by atoms with Crippen molar-refractivity contribution in [3.05, 3.63) is 41.4 Å². The van der Waals surface area contributed by atoms with Gasteiger partial charge in [0.15, 0.2) is 0 Å². The molecule has 0 aliphatic heterocycles. The van der Waals surface area contributed by atoms with E-state index in [0.29, 0.717) is 10.6 Å². The van der Waals surface area contributed by atoms with Gasteiger partial charge in [0, 0.05) is 11.7 Å². The average Bonchev–Trinajstić information content (AvgIpc) is 2.18. The predicted octanol–water partition coefficient (Wildman–Crippen LogP) is 3.20. The molecule has 1 atom stereocenters. The maximum Gasteiger partial charge on any atom is 0.101 e. The molecule has 0 spiro atoms. The number of nitrogens with zero attached hydrogens (tertiary/aromatic N) is 1. The molecule has 2 nitrogen and oxygen atoms in total. The SMILES string of the molecule is C=CC(C)Nc1ccc(C#N)c(Cl)c1. The van der Waals surface area contributed by atoms with E-state index in [4.69, 9.17) is 16.9 Å². The van der Waals surface area contributed by atoms with Crippen LogP contribution in [0.2, 0.25) is 5.02 Å². The van der Waals surface area contributed by atoms with Crippen molar-refractivity contribution in [1.29, 1.82) is 5.26 Å². The minimum atomic E-state index is 0.180. The Kier molecular flexibility index (Phi) is 3.55. The molecule has 0 fully saturated rings. The van der Waals surface area contributed by atoms with Crippen molar-refractivity contribution < 1.29 is 0 Å². The van der Waals surface area contributed by atoms with Crippen LogP contribution in [0.4, 0.5) is 5.69 Å². The molecule has 1 rings (SSSR count).